The summed E-state index contributed by atoms with van der Waals surface area (Å²) in [5.74, 6) is 2.96. The minimum Gasteiger partial charge on any atom is -0.394 e. The summed E-state index contributed by atoms with van der Waals surface area (Å²) in [6.45, 7) is 11.6. The Hall–Kier alpha value is -0.240. The van der Waals surface area contributed by atoms with Gasteiger partial charge in [0.05, 0.1) is 13.2 Å². The molecule has 1 unspecified atom stereocenters. The molecular weight excluding hydrogens is 408 g/mol. The molecule has 1 saturated heterocycles. The Morgan fingerprint density at radius 1 is 0.656 bits per heavy atom. The number of hydrogen-bond donors (Lipinski definition) is 4. The lowest BCUT2D eigenvalue weighted by atomic mass is 9.91. The second-order valence-corrected chi connectivity index (χ2v) is 10.9. The molecule has 1 fully saturated rings. The quantitative estimate of drug-likeness (QED) is 0.259. The molecule has 1 rings (SSSR count). The summed E-state index contributed by atoms with van der Waals surface area (Å²) < 4.78 is 11.0. The highest BCUT2D eigenvalue weighted by atomic mass is 16.7. The van der Waals surface area contributed by atoms with Crippen LogP contribution in [0.15, 0.2) is 0 Å². The first-order valence-electron chi connectivity index (χ1n) is 13.1. The van der Waals surface area contributed by atoms with Gasteiger partial charge in [-0.05, 0) is 30.1 Å². The number of aliphatic hydroxyl groups excluding tert-OH is 4. The Morgan fingerprint density at radius 3 is 1.59 bits per heavy atom. The first-order valence-corrected chi connectivity index (χ1v) is 13.1. The monoisotopic (exact) mass is 460 g/mol. The summed E-state index contributed by atoms with van der Waals surface area (Å²) in [5, 5.41) is 38.9. The second kappa shape index (κ2) is 16.4. The SMILES string of the molecule is CC(C)CCC[C@@H](C)CCC[C@@H](C)CCCC(C)CCO[C@@H]1O[C@H](CO)[C@@H](O)[C@H](O)[C@H]1O. The van der Waals surface area contributed by atoms with E-state index in [0.717, 1.165) is 30.6 Å². The minimum atomic E-state index is -1.38. The molecule has 4 N–H and O–H groups in total. The van der Waals surface area contributed by atoms with Crippen LogP contribution in [0.4, 0.5) is 0 Å². The van der Waals surface area contributed by atoms with E-state index in [9.17, 15) is 20.4 Å². The normalized spacial score (nSPS) is 29.2. The molecule has 6 heteroatoms. The van der Waals surface area contributed by atoms with E-state index in [-0.39, 0.29) is 0 Å². The average Bonchev–Trinajstić information content (AvgIpc) is 2.73. The summed E-state index contributed by atoms with van der Waals surface area (Å²) in [6.07, 6.45) is 6.60. The molecule has 0 bridgehead atoms. The standard InChI is InChI=1S/C26H52O6/c1-18(2)9-6-10-19(3)11-7-12-20(4)13-8-14-21(5)15-16-31-26-25(30)24(29)23(28)22(17-27)32-26/h18-30H,6-17H2,1-5H3/t19-,20-,21?,22-,23-,24+,25-,26-/m1/s1. The van der Waals surface area contributed by atoms with Gasteiger partial charge in [0, 0.05) is 0 Å². The zero-order valence-electron chi connectivity index (χ0n) is 21.3. The molecule has 0 saturated carbocycles. The lowest BCUT2D eigenvalue weighted by molar-refractivity contribution is -0.301. The Morgan fingerprint density at radius 2 is 1.12 bits per heavy atom. The fourth-order valence-corrected chi connectivity index (χ4v) is 4.53. The summed E-state index contributed by atoms with van der Waals surface area (Å²) in [5.41, 5.74) is 0. The van der Waals surface area contributed by atoms with Gasteiger partial charge in [0.1, 0.15) is 24.4 Å². The van der Waals surface area contributed by atoms with Crippen LogP contribution in [-0.4, -0.2) is 64.3 Å². The summed E-state index contributed by atoms with van der Waals surface area (Å²) in [4.78, 5) is 0. The largest absolute Gasteiger partial charge is 0.394 e. The van der Waals surface area contributed by atoms with Gasteiger partial charge in [0.25, 0.3) is 0 Å². The third kappa shape index (κ3) is 11.8. The van der Waals surface area contributed by atoms with Crippen molar-refractivity contribution in [2.75, 3.05) is 13.2 Å². The maximum absolute atomic E-state index is 10.0. The first-order chi connectivity index (χ1) is 15.1. The molecule has 32 heavy (non-hydrogen) atoms. The van der Waals surface area contributed by atoms with Gasteiger partial charge in [-0.1, -0.05) is 92.4 Å². The van der Waals surface area contributed by atoms with Crippen molar-refractivity contribution in [2.45, 2.75) is 130 Å². The zero-order chi connectivity index (χ0) is 24.1. The van der Waals surface area contributed by atoms with Crippen LogP contribution in [0.5, 0.6) is 0 Å². The van der Waals surface area contributed by atoms with Gasteiger partial charge in [-0.15, -0.1) is 0 Å². The highest BCUT2D eigenvalue weighted by Crippen LogP contribution is 2.24. The molecule has 0 aromatic carbocycles. The number of ether oxygens (including phenoxy) is 2. The zero-order valence-corrected chi connectivity index (χ0v) is 21.3. The van der Waals surface area contributed by atoms with E-state index in [0.29, 0.717) is 12.5 Å². The van der Waals surface area contributed by atoms with Gasteiger partial charge in [-0.2, -0.15) is 0 Å². The van der Waals surface area contributed by atoms with Crippen molar-refractivity contribution < 1.29 is 29.9 Å². The smallest absolute Gasteiger partial charge is 0.186 e. The van der Waals surface area contributed by atoms with E-state index in [1.54, 1.807) is 0 Å². The van der Waals surface area contributed by atoms with Crippen LogP contribution in [0.1, 0.15) is 98.8 Å². The van der Waals surface area contributed by atoms with Crippen molar-refractivity contribution >= 4 is 0 Å². The summed E-state index contributed by atoms with van der Waals surface area (Å²) in [7, 11) is 0. The van der Waals surface area contributed by atoms with Crippen LogP contribution in [0.2, 0.25) is 0 Å². The number of rotatable bonds is 17. The molecule has 0 spiro atoms. The molecule has 192 valence electrons. The predicted molar refractivity (Wildman–Crippen MR) is 128 cm³/mol. The number of hydrogen-bond acceptors (Lipinski definition) is 6. The highest BCUT2D eigenvalue weighted by molar-refractivity contribution is 4.88. The maximum atomic E-state index is 10.0. The van der Waals surface area contributed by atoms with E-state index >= 15 is 0 Å². The Bertz CT molecular complexity index is 458. The number of aliphatic hydroxyl groups is 4. The van der Waals surface area contributed by atoms with Crippen LogP contribution in [0.3, 0.4) is 0 Å². The molecule has 0 aliphatic carbocycles. The maximum Gasteiger partial charge on any atom is 0.186 e. The van der Waals surface area contributed by atoms with Crippen LogP contribution in [0, 0.1) is 23.7 Å². The molecule has 0 aromatic heterocycles. The lowest BCUT2D eigenvalue weighted by Crippen LogP contribution is -2.59. The van der Waals surface area contributed by atoms with E-state index < -0.39 is 37.3 Å². The van der Waals surface area contributed by atoms with Crippen molar-refractivity contribution in [2.24, 2.45) is 23.7 Å². The summed E-state index contributed by atoms with van der Waals surface area (Å²) >= 11 is 0. The van der Waals surface area contributed by atoms with Crippen LogP contribution in [0.25, 0.3) is 0 Å². The second-order valence-electron chi connectivity index (χ2n) is 10.9. The molecule has 6 nitrogen and oxygen atoms in total. The van der Waals surface area contributed by atoms with Crippen molar-refractivity contribution in [3.8, 4) is 0 Å². The molecule has 1 heterocycles. The van der Waals surface area contributed by atoms with Gasteiger partial charge < -0.3 is 29.9 Å². The Kier molecular flexibility index (Phi) is 15.3. The van der Waals surface area contributed by atoms with E-state index in [1.165, 1.54) is 51.4 Å². The van der Waals surface area contributed by atoms with E-state index in [1.807, 2.05) is 0 Å². The van der Waals surface area contributed by atoms with Crippen molar-refractivity contribution in [1.82, 2.24) is 0 Å². The van der Waals surface area contributed by atoms with E-state index in [4.69, 9.17) is 9.47 Å². The molecule has 1 aliphatic rings. The Balaban J connectivity index is 2.10. The minimum absolute atomic E-state index is 0.411. The lowest BCUT2D eigenvalue weighted by Gasteiger charge is -2.39. The van der Waals surface area contributed by atoms with Crippen molar-refractivity contribution in [3.05, 3.63) is 0 Å². The van der Waals surface area contributed by atoms with Crippen LogP contribution < -0.4 is 0 Å². The third-order valence-corrected chi connectivity index (χ3v) is 7.01. The predicted octanol–water partition coefficient (Wildman–Crippen LogP) is 4.27. The molecule has 0 radical (unpaired) electrons. The summed E-state index contributed by atoms with van der Waals surface area (Å²) in [6, 6.07) is 0. The van der Waals surface area contributed by atoms with Gasteiger partial charge in [-0.25, -0.2) is 0 Å². The van der Waals surface area contributed by atoms with Gasteiger partial charge >= 0.3 is 0 Å². The fraction of sp³-hybridized carbons (Fsp3) is 1.00. The van der Waals surface area contributed by atoms with Crippen molar-refractivity contribution in [3.63, 3.8) is 0 Å². The topological polar surface area (TPSA) is 99.4 Å². The molecule has 0 amide bonds. The highest BCUT2D eigenvalue weighted by Gasteiger charge is 2.43. The van der Waals surface area contributed by atoms with Crippen LogP contribution in [-0.2, 0) is 9.47 Å². The van der Waals surface area contributed by atoms with Gasteiger partial charge in [-0.3, -0.25) is 0 Å². The molecule has 1 aliphatic heterocycles. The fourth-order valence-electron chi connectivity index (χ4n) is 4.53. The first kappa shape index (κ1) is 29.8. The average molecular weight is 461 g/mol. The van der Waals surface area contributed by atoms with Gasteiger partial charge in [0.2, 0.25) is 0 Å². The van der Waals surface area contributed by atoms with Crippen molar-refractivity contribution in [1.29, 1.82) is 0 Å². The van der Waals surface area contributed by atoms with Crippen LogP contribution >= 0.6 is 0 Å². The van der Waals surface area contributed by atoms with Gasteiger partial charge in [0.15, 0.2) is 6.29 Å². The molecular formula is C26H52O6. The Labute approximate surface area is 196 Å². The molecule has 8 atom stereocenters. The van der Waals surface area contributed by atoms with E-state index in [2.05, 4.69) is 34.6 Å². The molecule has 0 aromatic rings. The third-order valence-electron chi connectivity index (χ3n) is 7.01.